The Bertz CT molecular complexity index is 6100. The van der Waals surface area contributed by atoms with Crippen LogP contribution in [0.2, 0.25) is 0 Å². The van der Waals surface area contributed by atoms with Crippen molar-refractivity contribution in [3.05, 3.63) is 363 Å². The number of ketones is 4. The van der Waals surface area contributed by atoms with Crippen molar-refractivity contribution in [2.24, 2.45) is 33.5 Å². The number of hydrogen-bond donors (Lipinski definition) is 4. The quantitative estimate of drug-likeness (QED) is 0.0214. The number of aliphatic hydroxyl groups excluding tert-OH is 4. The molecule has 4 heterocycles. The zero-order chi connectivity index (χ0) is 97.1. The summed E-state index contributed by atoms with van der Waals surface area (Å²) >= 11 is 0. The Morgan fingerprint density at radius 3 is 0.812 bits per heavy atom. The van der Waals surface area contributed by atoms with Crippen LogP contribution in [0, 0.1) is 57.8 Å². The summed E-state index contributed by atoms with van der Waals surface area (Å²) in [6.45, 7) is 33.7. The monoisotopic (exact) mass is 2560 g/mol. The van der Waals surface area contributed by atoms with Gasteiger partial charge in [-0.3, -0.25) is 19.2 Å². The zero-order valence-electron chi connectivity index (χ0n) is 81.6. The van der Waals surface area contributed by atoms with Crippen LogP contribution in [0.25, 0.3) is 86.2 Å². The van der Waals surface area contributed by atoms with Gasteiger partial charge in [0.2, 0.25) is 23.5 Å². The number of carbonyl (C=O) groups is 4. The van der Waals surface area contributed by atoms with Crippen LogP contribution in [0.4, 0.5) is 0 Å². The molecule has 0 unspecified atom stereocenters. The number of ether oxygens (including phenoxy) is 4. The molecule has 0 atom stereocenters. The molecule has 0 saturated carbocycles. The maximum atomic E-state index is 11.8. The number of hydrogen-bond acceptors (Lipinski definition) is 16. The first-order valence-corrected chi connectivity index (χ1v) is 45.5. The van der Waals surface area contributed by atoms with Gasteiger partial charge in [-0.1, -0.05) is 256 Å². The van der Waals surface area contributed by atoms with Crippen molar-refractivity contribution in [3.8, 4) is 46.5 Å². The van der Waals surface area contributed by atoms with E-state index in [4.69, 9.17) is 24.1 Å². The maximum Gasteiger partial charge on any atom is 0.217 e. The van der Waals surface area contributed by atoms with Gasteiger partial charge in [-0.05, 0) is 117 Å². The molecule has 0 amide bonds. The number of aromatic nitrogens is 4. The van der Waals surface area contributed by atoms with Crippen LogP contribution >= 0.6 is 0 Å². The summed E-state index contributed by atoms with van der Waals surface area (Å²) in [6.07, 6.45) is 17.8. The predicted octanol–water partition coefficient (Wildman–Crippen LogP) is 31.8. The second-order valence-electron chi connectivity index (χ2n) is 35.6. The van der Waals surface area contributed by atoms with E-state index in [9.17, 15) is 34.5 Å². The van der Waals surface area contributed by atoms with E-state index in [1.165, 1.54) is 81.2 Å². The number of fused-ring (bicyclic) bond motifs is 12. The topological polar surface area (TPSA) is 238 Å². The molecule has 0 spiro atoms. The van der Waals surface area contributed by atoms with Gasteiger partial charge in [0.05, 0.1) is 11.5 Å². The number of benzene rings is 12. The normalized spacial score (nSPS) is 11.4. The van der Waals surface area contributed by atoms with Crippen molar-refractivity contribution >= 4 is 109 Å². The third-order valence-corrected chi connectivity index (χ3v) is 22.7. The largest absolute Gasteiger partial charge is 0.512 e. The molecule has 12 aromatic carbocycles. The van der Waals surface area contributed by atoms with Crippen molar-refractivity contribution in [1.29, 1.82) is 0 Å². The van der Waals surface area contributed by atoms with Crippen LogP contribution in [0.5, 0.6) is 46.5 Å². The van der Waals surface area contributed by atoms with Gasteiger partial charge in [0.1, 0.15) is 11.5 Å². The summed E-state index contributed by atoms with van der Waals surface area (Å²) in [5, 5.41) is 56.3. The zero-order valence-corrected chi connectivity index (χ0v) is 91.2. The third kappa shape index (κ3) is 35.4. The van der Waals surface area contributed by atoms with E-state index in [0.29, 0.717) is 46.5 Å². The number of rotatable bonds is 22. The molecule has 4 radical (unpaired) electrons. The van der Waals surface area contributed by atoms with Crippen LogP contribution in [0.15, 0.2) is 339 Å². The summed E-state index contributed by atoms with van der Waals surface area (Å²) in [4.78, 5) is 62.5. The van der Waals surface area contributed by atoms with E-state index in [1.807, 2.05) is 305 Å². The molecular formula is C118H124Ir4N4O12-4. The van der Waals surface area contributed by atoms with Crippen molar-refractivity contribution in [3.63, 3.8) is 0 Å². The summed E-state index contributed by atoms with van der Waals surface area (Å²) in [5.74, 6) is 5.81. The van der Waals surface area contributed by atoms with Gasteiger partial charge in [0.15, 0.2) is 23.1 Å². The van der Waals surface area contributed by atoms with Gasteiger partial charge in [0, 0.05) is 232 Å². The van der Waals surface area contributed by atoms with E-state index < -0.39 is 5.41 Å². The molecule has 0 fully saturated rings. The van der Waals surface area contributed by atoms with Crippen molar-refractivity contribution in [1.82, 2.24) is 19.9 Å². The second-order valence-corrected chi connectivity index (χ2v) is 35.6. The van der Waals surface area contributed by atoms with Crippen LogP contribution < -0.4 is 18.9 Å². The number of para-hydroxylation sites is 4. The summed E-state index contributed by atoms with van der Waals surface area (Å²) in [5.41, 5.74) is -1.45. The van der Waals surface area contributed by atoms with E-state index in [1.54, 1.807) is 0 Å². The maximum absolute atomic E-state index is 11.8. The standard InChI is InChI=1S/4C19H12NO.2C13H24O2.C11H20O2.C5H8O2.4Ir/c4*1-2-7-16(8-3-1)21-19-12-18-15(13-20-19)11-10-14-6-4-5-9-17(14)18;1-7-12(3,4)10(14)9-11(15)13(5,6)8-2;1-5-10(6-2)12(14)9-13(15)11(7-3)8-4;1-10(2,3)8(12)7-9(13)11(4,5)6;1-4(6)3-5(2)7;;;;/h4*1-7,9-13H;9,14H,7-8H2,1-6H3;9-11,14H,5-8H2,1-4H3;7,12H,1-6H3;3,6H,1-2H3;;;;/q4*-1;;;;;;;;. The molecular weight excluding hydrogens is 2430 g/mol. The fourth-order valence-corrected chi connectivity index (χ4v) is 13.5. The van der Waals surface area contributed by atoms with Crippen LogP contribution in [0.3, 0.4) is 0 Å². The minimum absolute atomic E-state index is 0. The molecule has 138 heavy (non-hydrogen) atoms. The van der Waals surface area contributed by atoms with Gasteiger partial charge in [0.25, 0.3) is 0 Å². The van der Waals surface area contributed by atoms with Crippen LogP contribution in [0.1, 0.15) is 163 Å². The van der Waals surface area contributed by atoms with Gasteiger partial charge < -0.3 is 39.4 Å². The number of allylic oxidation sites excluding steroid dienone is 8. The first-order valence-electron chi connectivity index (χ1n) is 45.5. The minimum Gasteiger partial charge on any atom is -0.512 e. The summed E-state index contributed by atoms with van der Waals surface area (Å²) in [6, 6.07) is 100. The Morgan fingerprint density at radius 1 is 0.312 bits per heavy atom. The molecule has 0 bridgehead atoms. The fraction of sp³-hybridized carbons (Fsp3) is 0.254. The number of nitrogens with zero attached hydrogens (tertiary/aromatic N) is 4. The first kappa shape index (κ1) is 116. The van der Waals surface area contributed by atoms with E-state index in [2.05, 4.69) is 141 Å². The molecule has 16 rings (SSSR count). The summed E-state index contributed by atoms with van der Waals surface area (Å²) < 4.78 is 23.1. The SMILES string of the molecule is CC(=O)C=C(C)O.CC(C)(C)C(=O)C=C(O)C(C)(C)C.CCC(C)(C)C(=O)C=C(O)C(C)(C)CC.CCC(CC)C(=O)C=C(O)C(CC)CC.[Ir].[Ir].[Ir].[Ir].[c-]1ccccc1Oc1cc2c(ccc3ccccc32)cn1.[c-]1ccccc1Oc1cc2c(ccc3ccccc32)cn1.[c-]1ccccc1Oc1cc2c(ccc3ccccc32)cn1.[c-]1ccccc1Oc1cc2c(ccc3ccccc32)cn1. The average molecular weight is 2560 g/mol. The Balaban J connectivity index is 0.000000282. The number of aliphatic hydroxyl groups is 4. The van der Waals surface area contributed by atoms with Gasteiger partial charge in [-0.2, -0.15) is 72.8 Å². The van der Waals surface area contributed by atoms with Crippen molar-refractivity contribution in [2.75, 3.05) is 0 Å². The smallest absolute Gasteiger partial charge is 0.217 e. The van der Waals surface area contributed by atoms with E-state index >= 15 is 0 Å². The molecule has 16 aromatic rings. The van der Waals surface area contributed by atoms with Crippen molar-refractivity contribution < 1.29 is 139 Å². The van der Waals surface area contributed by atoms with Gasteiger partial charge >= 0.3 is 0 Å². The molecule has 728 valence electrons. The third-order valence-electron chi connectivity index (χ3n) is 22.7. The molecule has 0 aliphatic heterocycles. The molecule has 20 heteroatoms. The number of pyridine rings is 4. The number of carbonyl (C=O) groups excluding carboxylic acids is 4. The molecule has 0 aliphatic rings. The molecule has 0 saturated heterocycles. The fourth-order valence-electron chi connectivity index (χ4n) is 13.5. The molecule has 4 aromatic heterocycles. The second kappa shape index (κ2) is 56.7. The summed E-state index contributed by atoms with van der Waals surface area (Å²) in [7, 11) is 0. The molecule has 4 N–H and O–H groups in total. The molecule has 0 aliphatic carbocycles. The molecule has 16 nitrogen and oxygen atoms in total. The van der Waals surface area contributed by atoms with Crippen LogP contribution in [-0.2, 0) is 99.6 Å². The Kier molecular flexibility index (Phi) is 47.9. The average Bonchev–Trinajstić information content (AvgIpc) is 0.797. The van der Waals surface area contributed by atoms with E-state index in [0.717, 1.165) is 81.6 Å². The van der Waals surface area contributed by atoms with Crippen LogP contribution in [-0.4, -0.2) is 63.5 Å². The Morgan fingerprint density at radius 2 is 0.580 bits per heavy atom. The van der Waals surface area contributed by atoms with Gasteiger partial charge in [-0.15, -0.1) is 48.5 Å². The van der Waals surface area contributed by atoms with Crippen molar-refractivity contribution in [2.45, 2.75) is 163 Å². The Labute approximate surface area is 867 Å². The first-order chi connectivity index (χ1) is 64.0. The minimum atomic E-state index is -0.417. The predicted molar refractivity (Wildman–Crippen MR) is 548 cm³/mol. The Hall–Kier alpha value is -12.0. The van der Waals surface area contributed by atoms with E-state index in [-0.39, 0.29) is 155 Å². The van der Waals surface area contributed by atoms with Gasteiger partial charge in [-0.25, -0.2) is 19.9 Å².